The largest absolute Gasteiger partial charge is 0.381 e. The molecule has 118 valence electrons. The number of nitrogens with one attached hydrogen (secondary N) is 1. The highest BCUT2D eigenvalue weighted by molar-refractivity contribution is 6.35. The monoisotopic (exact) mass is 355 g/mol. The Labute approximate surface area is 147 Å². The van der Waals surface area contributed by atoms with Crippen LogP contribution in [-0.2, 0) is 0 Å². The van der Waals surface area contributed by atoms with Crippen molar-refractivity contribution in [3.63, 3.8) is 0 Å². The molecule has 4 aromatic rings. The number of nitrogens with zero attached hydrogens (tertiary/aromatic N) is 3. The third-order valence-electron chi connectivity index (χ3n) is 3.70. The van der Waals surface area contributed by atoms with Crippen molar-refractivity contribution in [2.75, 3.05) is 5.73 Å². The molecule has 2 heterocycles. The van der Waals surface area contributed by atoms with Gasteiger partial charge in [-0.05, 0) is 12.1 Å². The Morgan fingerprint density at radius 2 is 1.67 bits per heavy atom. The molecule has 0 spiro atoms. The molecule has 0 atom stereocenters. The summed E-state index contributed by atoms with van der Waals surface area (Å²) >= 11 is 12.5. The van der Waals surface area contributed by atoms with E-state index in [4.69, 9.17) is 28.9 Å². The lowest BCUT2D eigenvalue weighted by Crippen LogP contribution is -2.00. The van der Waals surface area contributed by atoms with Crippen molar-refractivity contribution in [1.29, 1.82) is 0 Å². The third-order valence-corrected chi connectivity index (χ3v) is 4.28. The fourth-order valence-electron chi connectivity index (χ4n) is 2.58. The van der Waals surface area contributed by atoms with E-state index in [1.54, 1.807) is 6.20 Å². The quantitative estimate of drug-likeness (QED) is 0.551. The van der Waals surface area contributed by atoms with E-state index in [1.807, 2.05) is 42.5 Å². The second-order valence-electron chi connectivity index (χ2n) is 5.26. The zero-order valence-corrected chi connectivity index (χ0v) is 13.8. The van der Waals surface area contributed by atoms with Crippen LogP contribution in [0.5, 0.6) is 0 Å². The van der Waals surface area contributed by atoms with Gasteiger partial charge < -0.3 is 5.73 Å². The van der Waals surface area contributed by atoms with Crippen LogP contribution in [0.3, 0.4) is 0 Å². The standard InChI is InChI=1S/C17H11Cl2N5/c18-12-7-10(6-11-8-21-24-13(11)12)15-14(9-4-2-1-3-5-9)23-17(20)16(19)22-15/h1-8H,(H2,20,23)(H,21,24). The van der Waals surface area contributed by atoms with E-state index in [0.29, 0.717) is 16.4 Å². The summed E-state index contributed by atoms with van der Waals surface area (Å²) in [6.45, 7) is 0. The topological polar surface area (TPSA) is 80.5 Å². The average molecular weight is 356 g/mol. The maximum Gasteiger partial charge on any atom is 0.171 e. The number of aromatic amines is 1. The summed E-state index contributed by atoms with van der Waals surface area (Å²) in [4.78, 5) is 8.87. The highest BCUT2D eigenvalue weighted by Gasteiger charge is 2.16. The molecule has 7 heteroatoms. The average Bonchev–Trinajstić information content (AvgIpc) is 3.07. The third kappa shape index (κ3) is 2.48. The normalized spacial score (nSPS) is 11.1. The first-order chi connectivity index (χ1) is 11.6. The highest BCUT2D eigenvalue weighted by atomic mass is 35.5. The molecule has 0 aliphatic heterocycles. The number of benzene rings is 2. The number of H-pyrrole nitrogens is 1. The number of nitrogens with two attached hydrogens (primary N) is 1. The van der Waals surface area contributed by atoms with Gasteiger partial charge in [0.25, 0.3) is 0 Å². The van der Waals surface area contributed by atoms with E-state index in [-0.39, 0.29) is 11.0 Å². The number of hydrogen-bond donors (Lipinski definition) is 2. The molecule has 0 saturated carbocycles. The Balaban J connectivity index is 2.01. The molecule has 3 N–H and O–H groups in total. The summed E-state index contributed by atoms with van der Waals surface area (Å²) in [5.41, 5.74) is 9.59. The smallest absolute Gasteiger partial charge is 0.171 e. The molecule has 2 aromatic carbocycles. The van der Waals surface area contributed by atoms with Gasteiger partial charge >= 0.3 is 0 Å². The van der Waals surface area contributed by atoms with Crippen molar-refractivity contribution in [3.8, 4) is 22.5 Å². The zero-order valence-electron chi connectivity index (χ0n) is 12.3. The lowest BCUT2D eigenvalue weighted by Gasteiger charge is -2.11. The first kappa shape index (κ1) is 14.9. The molecule has 2 aromatic heterocycles. The van der Waals surface area contributed by atoms with Crippen molar-refractivity contribution in [2.45, 2.75) is 0 Å². The van der Waals surface area contributed by atoms with E-state index >= 15 is 0 Å². The van der Waals surface area contributed by atoms with Crippen LogP contribution in [0.4, 0.5) is 5.82 Å². The minimum absolute atomic E-state index is 0.160. The van der Waals surface area contributed by atoms with Gasteiger partial charge in [0, 0.05) is 16.5 Å². The number of aromatic nitrogens is 4. The van der Waals surface area contributed by atoms with Gasteiger partial charge in [-0.3, -0.25) is 5.10 Å². The van der Waals surface area contributed by atoms with Gasteiger partial charge in [-0.2, -0.15) is 5.10 Å². The van der Waals surface area contributed by atoms with E-state index in [1.165, 1.54) is 0 Å². The van der Waals surface area contributed by atoms with Crippen LogP contribution in [0.25, 0.3) is 33.4 Å². The predicted molar refractivity (Wildman–Crippen MR) is 97.0 cm³/mol. The van der Waals surface area contributed by atoms with Gasteiger partial charge in [0.05, 0.1) is 28.1 Å². The van der Waals surface area contributed by atoms with Crippen molar-refractivity contribution in [2.24, 2.45) is 0 Å². The second kappa shape index (κ2) is 5.78. The van der Waals surface area contributed by atoms with Crippen LogP contribution < -0.4 is 5.73 Å². The molecule has 0 saturated heterocycles. The van der Waals surface area contributed by atoms with Crippen molar-refractivity contribution in [3.05, 3.63) is 58.8 Å². The van der Waals surface area contributed by atoms with E-state index in [9.17, 15) is 0 Å². The van der Waals surface area contributed by atoms with Gasteiger partial charge in [0.15, 0.2) is 11.0 Å². The summed E-state index contributed by atoms with van der Waals surface area (Å²) < 4.78 is 0. The SMILES string of the molecule is Nc1nc(-c2ccccc2)c(-c2cc(Cl)c3[nH]ncc3c2)nc1Cl. The van der Waals surface area contributed by atoms with E-state index in [2.05, 4.69) is 20.2 Å². The Morgan fingerprint density at radius 1 is 0.917 bits per heavy atom. The van der Waals surface area contributed by atoms with Crippen LogP contribution in [0.2, 0.25) is 10.2 Å². The summed E-state index contributed by atoms with van der Waals surface area (Å²) in [7, 11) is 0. The summed E-state index contributed by atoms with van der Waals surface area (Å²) in [5, 5.41) is 8.48. The molecular formula is C17H11Cl2N5. The number of rotatable bonds is 2. The molecule has 0 bridgehead atoms. The molecule has 0 radical (unpaired) electrons. The van der Waals surface area contributed by atoms with Crippen LogP contribution in [0.1, 0.15) is 0 Å². The van der Waals surface area contributed by atoms with Crippen LogP contribution in [0.15, 0.2) is 48.7 Å². The Bertz CT molecular complexity index is 1040. The molecule has 0 unspecified atom stereocenters. The lowest BCUT2D eigenvalue weighted by atomic mass is 10.0. The van der Waals surface area contributed by atoms with E-state index in [0.717, 1.165) is 22.0 Å². The maximum absolute atomic E-state index is 6.35. The molecule has 0 aliphatic carbocycles. The van der Waals surface area contributed by atoms with Gasteiger partial charge in [-0.25, -0.2) is 9.97 Å². The number of anilines is 1. The molecule has 0 aliphatic rings. The number of nitrogen functional groups attached to an aromatic ring is 1. The van der Waals surface area contributed by atoms with Crippen molar-refractivity contribution < 1.29 is 0 Å². The Morgan fingerprint density at radius 3 is 2.46 bits per heavy atom. The predicted octanol–water partition coefficient (Wildman–Crippen LogP) is 4.58. The van der Waals surface area contributed by atoms with Crippen LogP contribution in [-0.4, -0.2) is 20.2 Å². The lowest BCUT2D eigenvalue weighted by molar-refractivity contribution is 1.12. The first-order valence-corrected chi connectivity index (χ1v) is 7.90. The second-order valence-corrected chi connectivity index (χ2v) is 6.02. The molecular weight excluding hydrogens is 345 g/mol. The minimum atomic E-state index is 0.160. The minimum Gasteiger partial charge on any atom is -0.381 e. The fourth-order valence-corrected chi connectivity index (χ4v) is 2.97. The van der Waals surface area contributed by atoms with Crippen LogP contribution >= 0.6 is 23.2 Å². The van der Waals surface area contributed by atoms with Crippen molar-refractivity contribution >= 4 is 39.9 Å². The van der Waals surface area contributed by atoms with Gasteiger partial charge in [-0.1, -0.05) is 53.5 Å². The molecule has 0 amide bonds. The van der Waals surface area contributed by atoms with Gasteiger partial charge in [-0.15, -0.1) is 0 Å². The summed E-state index contributed by atoms with van der Waals surface area (Å²) in [6, 6.07) is 13.4. The molecule has 5 nitrogen and oxygen atoms in total. The van der Waals surface area contributed by atoms with Gasteiger partial charge in [0.2, 0.25) is 0 Å². The van der Waals surface area contributed by atoms with E-state index < -0.39 is 0 Å². The molecule has 0 fully saturated rings. The first-order valence-electron chi connectivity index (χ1n) is 7.15. The Hall–Kier alpha value is -2.63. The number of hydrogen-bond acceptors (Lipinski definition) is 4. The number of halogens is 2. The molecule has 4 rings (SSSR count). The highest BCUT2D eigenvalue weighted by Crippen LogP contribution is 2.35. The van der Waals surface area contributed by atoms with Crippen molar-refractivity contribution in [1.82, 2.24) is 20.2 Å². The Kier molecular flexibility index (Phi) is 3.59. The van der Waals surface area contributed by atoms with Crippen LogP contribution in [0, 0.1) is 0 Å². The summed E-state index contributed by atoms with van der Waals surface area (Å²) in [5.74, 6) is 0.190. The number of fused-ring (bicyclic) bond motifs is 1. The zero-order chi connectivity index (χ0) is 16.7. The maximum atomic E-state index is 6.35. The fraction of sp³-hybridized carbons (Fsp3) is 0. The van der Waals surface area contributed by atoms with Gasteiger partial charge in [0.1, 0.15) is 0 Å². The molecule has 24 heavy (non-hydrogen) atoms. The summed E-state index contributed by atoms with van der Waals surface area (Å²) in [6.07, 6.45) is 1.71.